The zero-order valence-corrected chi connectivity index (χ0v) is 13.1. The third-order valence-electron chi connectivity index (χ3n) is 3.63. The molecule has 0 aliphatic heterocycles. The van der Waals surface area contributed by atoms with Gasteiger partial charge in [0.1, 0.15) is 0 Å². The lowest BCUT2D eigenvalue weighted by atomic mass is 10.2. The van der Waals surface area contributed by atoms with Crippen LogP contribution in [0.1, 0.15) is 18.1 Å². The molecule has 3 heteroatoms. The van der Waals surface area contributed by atoms with Gasteiger partial charge in [-0.25, -0.2) is 0 Å². The van der Waals surface area contributed by atoms with E-state index in [4.69, 9.17) is 0 Å². The standard InChI is InChI=1S/C18H20N2.ClH/c1-2-19-12-16-14-20(13-15-8-4-3-5-9-15)18-11-7-6-10-17(16)18;/h3-11,14,19H,2,12-13H2,1H3;1H. The fraction of sp³-hybridized carbons (Fsp3) is 0.222. The van der Waals surface area contributed by atoms with Crippen LogP contribution in [0.25, 0.3) is 10.9 Å². The van der Waals surface area contributed by atoms with Crippen molar-refractivity contribution in [3.05, 3.63) is 71.9 Å². The summed E-state index contributed by atoms with van der Waals surface area (Å²) in [5.74, 6) is 0. The van der Waals surface area contributed by atoms with Crippen LogP contribution < -0.4 is 5.32 Å². The molecular weight excluding hydrogens is 280 g/mol. The van der Waals surface area contributed by atoms with Crippen LogP contribution >= 0.6 is 12.4 Å². The van der Waals surface area contributed by atoms with Crippen molar-refractivity contribution in [1.29, 1.82) is 0 Å². The van der Waals surface area contributed by atoms with Gasteiger partial charge in [-0.05, 0) is 23.7 Å². The monoisotopic (exact) mass is 300 g/mol. The van der Waals surface area contributed by atoms with Gasteiger partial charge in [0.05, 0.1) is 0 Å². The molecule has 21 heavy (non-hydrogen) atoms. The van der Waals surface area contributed by atoms with Crippen LogP contribution in [0, 0.1) is 0 Å². The second-order valence-corrected chi connectivity index (χ2v) is 5.07. The van der Waals surface area contributed by atoms with Gasteiger partial charge in [-0.2, -0.15) is 0 Å². The minimum Gasteiger partial charge on any atom is -0.343 e. The number of rotatable bonds is 5. The molecule has 0 spiro atoms. The van der Waals surface area contributed by atoms with E-state index in [2.05, 4.69) is 77.6 Å². The highest BCUT2D eigenvalue weighted by molar-refractivity contribution is 5.85. The quantitative estimate of drug-likeness (QED) is 0.746. The molecule has 1 N–H and O–H groups in total. The first-order valence-electron chi connectivity index (χ1n) is 7.20. The number of para-hydroxylation sites is 1. The first-order valence-corrected chi connectivity index (χ1v) is 7.20. The molecule has 0 bridgehead atoms. The summed E-state index contributed by atoms with van der Waals surface area (Å²) >= 11 is 0. The summed E-state index contributed by atoms with van der Waals surface area (Å²) < 4.78 is 2.34. The highest BCUT2D eigenvalue weighted by Crippen LogP contribution is 2.22. The van der Waals surface area contributed by atoms with Crippen LogP contribution in [-0.2, 0) is 13.1 Å². The van der Waals surface area contributed by atoms with Crippen molar-refractivity contribution in [3.63, 3.8) is 0 Å². The van der Waals surface area contributed by atoms with Crippen LogP contribution in [0.3, 0.4) is 0 Å². The van der Waals surface area contributed by atoms with E-state index in [0.29, 0.717) is 0 Å². The van der Waals surface area contributed by atoms with Gasteiger partial charge in [-0.3, -0.25) is 0 Å². The van der Waals surface area contributed by atoms with Gasteiger partial charge in [0, 0.05) is 30.2 Å². The van der Waals surface area contributed by atoms with E-state index >= 15 is 0 Å². The normalized spacial score (nSPS) is 10.5. The van der Waals surface area contributed by atoms with E-state index in [9.17, 15) is 0 Å². The van der Waals surface area contributed by atoms with Crippen molar-refractivity contribution in [3.8, 4) is 0 Å². The van der Waals surface area contributed by atoms with Crippen LogP contribution in [0.15, 0.2) is 60.8 Å². The lowest BCUT2D eigenvalue weighted by Gasteiger charge is -2.05. The topological polar surface area (TPSA) is 17.0 Å². The van der Waals surface area contributed by atoms with Crippen LogP contribution in [0.5, 0.6) is 0 Å². The van der Waals surface area contributed by atoms with Crippen LogP contribution in [-0.4, -0.2) is 11.1 Å². The zero-order valence-electron chi connectivity index (χ0n) is 12.3. The lowest BCUT2D eigenvalue weighted by molar-refractivity contribution is 0.724. The molecule has 2 nitrogen and oxygen atoms in total. The second kappa shape index (κ2) is 7.30. The van der Waals surface area contributed by atoms with Gasteiger partial charge in [0.25, 0.3) is 0 Å². The number of nitrogens with one attached hydrogen (secondary N) is 1. The van der Waals surface area contributed by atoms with Gasteiger partial charge >= 0.3 is 0 Å². The second-order valence-electron chi connectivity index (χ2n) is 5.07. The minimum absolute atomic E-state index is 0. The Morgan fingerprint density at radius 1 is 0.952 bits per heavy atom. The van der Waals surface area contributed by atoms with Gasteiger partial charge in [-0.1, -0.05) is 55.5 Å². The molecule has 1 aromatic heterocycles. The summed E-state index contributed by atoms with van der Waals surface area (Å²) in [6.45, 7) is 4.99. The van der Waals surface area contributed by atoms with E-state index in [1.807, 2.05) is 0 Å². The molecule has 0 unspecified atom stereocenters. The molecule has 0 aliphatic carbocycles. The lowest BCUT2D eigenvalue weighted by Crippen LogP contribution is -2.11. The maximum absolute atomic E-state index is 3.42. The van der Waals surface area contributed by atoms with Gasteiger partial charge in [0.2, 0.25) is 0 Å². The number of halogens is 1. The minimum atomic E-state index is 0. The number of hydrogen-bond donors (Lipinski definition) is 1. The highest BCUT2D eigenvalue weighted by atomic mass is 35.5. The van der Waals surface area contributed by atoms with Crippen molar-refractivity contribution in [2.45, 2.75) is 20.0 Å². The fourth-order valence-electron chi connectivity index (χ4n) is 2.63. The summed E-state index contributed by atoms with van der Waals surface area (Å²) in [6.07, 6.45) is 2.28. The largest absolute Gasteiger partial charge is 0.343 e. The predicted octanol–water partition coefficient (Wildman–Crippen LogP) is 4.22. The van der Waals surface area contributed by atoms with E-state index < -0.39 is 0 Å². The van der Waals surface area contributed by atoms with Gasteiger partial charge < -0.3 is 9.88 Å². The molecule has 2 aromatic carbocycles. The Bertz CT molecular complexity index is 689. The van der Waals surface area contributed by atoms with E-state index in [-0.39, 0.29) is 12.4 Å². The number of benzene rings is 2. The summed E-state index contributed by atoms with van der Waals surface area (Å²) in [5.41, 5.74) is 4.02. The average Bonchev–Trinajstić information content (AvgIpc) is 2.85. The molecule has 0 saturated heterocycles. The van der Waals surface area contributed by atoms with Crippen molar-refractivity contribution < 1.29 is 0 Å². The molecule has 0 atom stereocenters. The number of nitrogens with zero attached hydrogens (tertiary/aromatic N) is 1. The van der Waals surface area contributed by atoms with Crippen LogP contribution in [0.2, 0.25) is 0 Å². The Balaban J connectivity index is 0.00000161. The molecule has 3 aromatic rings. The SMILES string of the molecule is CCNCc1cn(Cc2ccccc2)c2ccccc12.Cl. The van der Waals surface area contributed by atoms with Gasteiger partial charge in [-0.15, -0.1) is 12.4 Å². The zero-order chi connectivity index (χ0) is 13.8. The maximum Gasteiger partial charge on any atom is 0.0486 e. The molecule has 0 saturated carbocycles. The van der Waals surface area contributed by atoms with Crippen molar-refractivity contribution in [1.82, 2.24) is 9.88 Å². The number of fused-ring (bicyclic) bond motifs is 1. The summed E-state index contributed by atoms with van der Waals surface area (Å²) in [4.78, 5) is 0. The summed E-state index contributed by atoms with van der Waals surface area (Å²) in [7, 11) is 0. The Morgan fingerprint density at radius 2 is 1.67 bits per heavy atom. The molecule has 0 fully saturated rings. The van der Waals surface area contributed by atoms with E-state index in [0.717, 1.165) is 19.6 Å². The number of hydrogen-bond acceptors (Lipinski definition) is 1. The smallest absolute Gasteiger partial charge is 0.0486 e. The Morgan fingerprint density at radius 3 is 2.43 bits per heavy atom. The Hall–Kier alpha value is -1.77. The van der Waals surface area contributed by atoms with Crippen molar-refractivity contribution in [2.75, 3.05) is 6.54 Å². The van der Waals surface area contributed by atoms with E-state index in [1.165, 1.54) is 22.0 Å². The van der Waals surface area contributed by atoms with Crippen molar-refractivity contribution >= 4 is 23.3 Å². The third kappa shape index (κ3) is 3.46. The maximum atomic E-state index is 3.42. The molecule has 3 rings (SSSR count). The molecule has 110 valence electrons. The van der Waals surface area contributed by atoms with Gasteiger partial charge in [0.15, 0.2) is 0 Å². The first kappa shape index (κ1) is 15.6. The molecular formula is C18H21ClN2. The average molecular weight is 301 g/mol. The van der Waals surface area contributed by atoms with Crippen molar-refractivity contribution in [2.24, 2.45) is 0 Å². The molecule has 0 aliphatic rings. The summed E-state index contributed by atoms with van der Waals surface area (Å²) in [5, 5.41) is 4.77. The molecule has 0 amide bonds. The Labute approximate surface area is 132 Å². The fourth-order valence-corrected chi connectivity index (χ4v) is 2.63. The summed E-state index contributed by atoms with van der Waals surface area (Å²) in [6, 6.07) is 19.3. The van der Waals surface area contributed by atoms with E-state index in [1.54, 1.807) is 0 Å². The Kier molecular flexibility index (Phi) is 5.43. The number of aromatic nitrogens is 1. The highest BCUT2D eigenvalue weighted by Gasteiger charge is 2.07. The first-order chi connectivity index (χ1) is 9.88. The predicted molar refractivity (Wildman–Crippen MR) is 92.1 cm³/mol. The van der Waals surface area contributed by atoms with Crippen LogP contribution in [0.4, 0.5) is 0 Å². The third-order valence-corrected chi connectivity index (χ3v) is 3.63. The molecule has 0 radical (unpaired) electrons. The molecule has 1 heterocycles.